The number of hydrogen-bond acceptors (Lipinski definition) is 5. The van der Waals surface area contributed by atoms with E-state index in [0.29, 0.717) is 23.4 Å². The molecule has 1 N–H and O–H groups in total. The molecule has 0 radical (unpaired) electrons. The maximum Gasteiger partial charge on any atom is 0.313 e. The lowest BCUT2D eigenvalue weighted by Crippen LogP contribution is -2.26. The molecule has 3 aromatic carbocycles. The number of hydrogen-bond donors (Lipinski definition) is 1. The van der Waals surface area contributed by atoms with E-state index in [4.69, 9.17) is 16.3 Å². The molecule has 3 aromatic rings. The summed E-state index contributed by atoms with van der Waals surface area (Å²) in [5.74, 6) is 0.0202. The Morgan fingerprint density at radius 3 is 2.25 bits per heavy atom. The first-order valence-electron chi connectivity index (χ1n) is 9.57. The molecule has 8 nitrogen and oxygen atoms in total. The lowest BCUT2D eigenvalue weighted by molar-refractivity contribution is -0.385. The van der Waals surface area contributed by atoms with Gasteiger partial charge in [-0.05, 0) is 54.1 Å². The Labute approximate surface area is 189 Å². The van der Waals surface area contributed by atoms with Crippen LogP contribution in [-0.4, -0.2) is 35.7 Å². The van der Waals surface area contributed by atoms with Crippen LogP contribution in [0.15, 0.2) is 66.7 Å². The average molecular weight is 454 g/mol. The molecular weight excluding hydrogens is 434 g/mol. The van der Waals surface area contributed by atoms with Crippen LogP contribution in [0.5, 0.6) is 11.5 Å². The van der Waals surface area contributed by atoms with Crippen molar-refractivity contribution in [3.8, 4) is 11.5 Å². The van der Waals surface area contributed by atoms with Gasteiger partial charge in [0.25, 0.3) is 11.8 Å². The molecule has 0 unspecified atom stereocenters. The molecule has 2 amide bonds. The number of benzene rings is 3. The van der Waals surface area contributed by atoms with E-state index in [1.165, 1.54) is 18.2 Å². The molecule has 0 bridgehead atoms. The molecule has 0 spiro atoms. The van der Waals surface area contributed by atoms with Gasteiger partial charge < -0.3 is 15.0 Å². The molecule has 3 rings (SSSR count). The van der Waals surface area contributed by atoms with Gasteiger partial charge in [-0.25, -0.2) is 0 Å². The molecule has 0 saturated heterocycles. The number of nitrogens with zero attached hydrogens (tertiary/aromatic N) is 2. The molecule has 32 heavy (non-hydrogen) atoms. The van der Waals surface area contributed by atoms with Crippen molar-refractivity contribution in [3.05, 3.63) is 98.6 Å². The molecule has 0 aliphatic carbocycles. The Bertz CT molecular complexity index is 1150. The Balaban J connectivity index is 1.67. The fourth-order valence-electron chi connectivity index (χ4n) is 2.98. The molecule has 164 valence electrons. The number of ether oxygens (including phenoxy) is 1. The lowest BCUT2D eigenvalue weighted by atomic mass is 10.1. The summed E-state index contributed by atoms with van der Waals surface area (Å²) in [5.41, 5.74) is 1.61. The molecule has 0 heterocycles. The third-order valence-corrected chi connectivity index (χ3v) is 4.89. The van der Waals surface area contributed by atoms with Crippen LogP contribution in [0.4, 0.5) is 5.69 Å². The van der Waals surface area contributed by atoms with Crippen LogP contribution in [0, 0.1) is 10.1 Å². The zero-order valence-corrected chi connectivity index (χ0v) is 18.1. The standard InChI is InChI=1S/C23H20ClN3O5/c1-25-22(28)16-5-3-15(4-6-16)14-26(2)23(29)17-7-10-19(11-8-17)32-21-12-9-18(24)13-20(21)27(30)31/h3-13H,14H2,1-2H3,(H,25,28). The number of nitro benzene ring substituents is 1. The second-order valence-electron chi connectivity index (χ2n) is 6.93. The van der Waals surface area contributed by atoms with Crippen LogP contribution in [-0.2, 0) is 6.54 Å². The third-order valence-electron chi connectivity index (χ3n) is 4.66. The summed E-state index contributed by atoms with van der Waals surface area (Å²) in [6.07, 6.45) is 0. The normalized spacial score (nSPS) is 10.3. The number of carbonyl (C=O) groups is 2. The topological polar surface area (TPSA) is 102 Å². The minimum atomic E-state index is -0.574. The van der Waals surface area contributed by atoms with E-state index < -0.39 is 4.92 Å². The SMILES string of the molecule is CNC(=O)c1ccc(CN(C)C(=O)c2ccc(Oc3ccc(Cl)cc3[N+](=O)[O-])cc2)cc1. The first-order chi connectivity index (χ1) is 15.3. The van der Waals surface area contributed by atoms with E-state index in [-0.39, 0.29) is 28.3 Å². The van der Waals surface area contributed by atoms with Crippen molar-refractivity contribution in [2.75, 3.05) is 14.1 Å². The van der Waals surface area contributed by atoms with Gasteiger partial charge in [-0.1, -0.05) is 23.7 Å². The van der Waals surface area contributed by atoms with E-state index in [1.54, 1.807) is 67.5 Å². The van der Waals surface area contributed by atoms with Crippen LogP contribution >= 0.6 is 11.6 Å². The number of rotatable bonds is 7. The van der Waals surface area contributed by atoms with Crippen molar-refractivity contribution in [3.63, 3.8) is 0 Å². The van der Waals surface area contributed by atoms with Crippen LogP contribution in [0.1, 0.15) is 26.3 Å². The van der Waals surface area contributed by atoms with Crippen molar-refractivity contribution in [1.82, 2.24) is 10.2 Å². The molecule has 0 aliphatic heterocycles. The van der Waals surface area contributed by atoms with Crippen molar-refractivity contribution in [2.24, 2.45) is 0 Å². The lowest BCUT2D eigenvalue weighted by Gasteiger charge is -2.18. The third kappa shape index (κ3) is 5.41. The van der Waals surface area contributed by atoms with E-state index in [0.717, 1.165) is 5.56 Å². The predicted molar refractivity (Wildman–Crippen MR) is 120 cm³/mol. The Morgan fingerprint density at radius 2 is 1.66 bits per heavy atom. The van der Waals surface area contributed by atoms with Gasteiger partial charge in [0, 0.05) is 42.9 Å². The summed E-state index contributed by atoms with van der Waals surface area (Å²) in [5, 5.41) is 14.0. The molecule has 0 aliphatic rings. The van der Waals surface area contributed by atoms with Crippen molar-refractivity contribution < 1.29 is 19.2 Å². The minimum Gasteiger partial charge on any atom is -0.450 e. The summed E-state index contributed by atoms with van der Waals surface area (Å²) in [6.45, 7) is 0.363. The van der Waals surface area contributed by atoms with Crippen molar-refractivity contribution in [1.29, 1.82) is 0 Å². The fraction of sp³-hybridized carbons (Fsp3) is 0.130. The van der Waals surface area contributed by atoms with Gasteiger partial charge in [-0.2, -0.15) is 0 Å². The predicted octanol–water partition coefficient (Wildman–Crippen LogP) is 4.67. The quantitative estimate of drug-likeness (QED) is 0.413. The Morgan fingerprint density at radius 1 is 1.03 bits per heavy atom. The molecule has 0 aromatic heterocycles. The molecule has 9 heteroatoms. The average Bonchev–Trinajstić information content (AvgIpc) is 2.80. The van der Waals surface area contributed by atoms with Crippen molar-refractivity contribution >= 4 is 29.1 Å². The van der Waals surface area contributed by atoms with Crippen LogP contribution in [0.2, 0.25) is 5.02 Å². The van der Waals surface area contributed by atoms with Gasteiger partial charge in [-0.3, -0.25) is 19.7 Å². The highest BCUT2D eigenvalue weighted by atomic mass is 35.5. The van der Waals surface area contributed by atoms with Crippen LogP contribution in [0.3, 0.4) is 0 Å². The number of amides is 2. The highest BCUT2D eigenvalue weighted by Crippen LogP contribution is 2.33. The van der Waals surface area contributed by atoms with Gasteiger partial charge in [0.2, 0.25) is 5.75 Å². The van der Waals surface area contributed by atoms with Gasteiger partial charge in [0.15, 0.2) is 0 Å². The largest absolute Gasteiger partial charge is 0.450 e. The zero-order chi connectivity index (χ0) is 23.3. The highest BCUT2D eigenvalue weighted by molar-refractivity contribution is 6.30. The maximum absolute atomic E-state index is 12.7. The second kappa shape index (κ2) is 9.93. The first kappa shape index (κ1) is 22.8. The summed E-state index contributed by atoms with van der Waals surface area (Å²) >= 11 is 5.82. The van der Waals surface area contributed by atoms with E-state index in [1.807, 2.05) is 0 Å². The van der Waals surface area contributed by atoms with Gasteiger partial charge in [0.05, 0.1) is 4.92 Å². The summed E-state index contributed by atoms with van der Waals surface area (Å²) in [4.78, 5) is 36.5. The number of nitrogens with one attached hydrogen (secondary N) is 1. The molecular formula is C23H20ClN3O5. The molecule has 0 fully saturated rings. The Kier molecular flexibility index (Phi) is 7.07. The first-order valence-corrected chi connectivity index (χ1v) is 9.94. The summed E-state index contributed by atoms with van der Waals surface area (Å²) < 4.78 is 5.60. The summed E-state index contributed by atoms with van der Waals surface area (Å²) in [6, 6.07) is 17.4. The number of halogens is 1. The molecule has 0 saturated carbocycles. The summed E-state index contributed by atoms with van der Waals surface area (Å²) in [7, 11) is 3.24. The van der Waals surface area contributed by atoms with E-state index in [2.05, 4.69) is 5.32 Å². The van der Waals surface area contributed by atoms with E-state index >= 15 is 0 Å². The number of nitro groups is 1. The smallest absolute Gasteiger partial charge is 0.313 e. The van der Waals surface area contributed by atoms with Gasteiger partial charge in [-0.15, -0.1) is 0 Å². The van der Waals surface area contributed by atoms with Crippen LogP contribution < -0.4 is 10.1 Å². The Hall–Kier alpha value is -3.91. The van der Waals surface area contributed by atoms with Gasteiger partial charge >= 0.3 is 5.69 Å². The van der Waals surface area contributed by atoms with Gasteiger partial charge in [0.1, 0.15) is 5.75 Å². The van der Waals surface area contributed by atoms with Crippen molar-refractivity contribution in [2.45, 2.75) is 6.54 Å². The monoisotopic (exact) mass is 453 g/mol. The molecule has 0 atom stereocenters. The number of carbonyl (C=O) groups excluding carboxylic acids is 2. The second-order valence-corrected chi connectivity index (χ2v) is 7.37. The van der Waals surface area contributed by atoms with E-state index in [9.17, 15) is 19.7 Å². The highest BCUT2D eigenvalue weighted by Gasteiger charge is 2.17. The fourth-order valence-corrected chi connectivity index (χ4v) is 3.15. The van der Waals surface area contributed by atoms with Crippen LogP contribution in [0.25, 0.3) is 0 Å². The maximum atomic E-state index is 12.7. The minimum absolute atomic E-state index is 0.0517. The zero-order valence-electron chi connectivity index (χ0n) is 17.4.